The first-order chi connectivity index (χ1) is 16.3. The van der Waals surface area contributed by atoms with Crippen LogP contribution in [0.25, 0.3) is 5.76 Å². The Morgan fingerprint density at radius 3 is 2.65 bits per heavy atom. The average Bonchev–Trinajstić information content (AvgIpc) is 3.32. The van der Waals surface area contributed by atoms with Gasteiger partial charge in [0.15, 0.2) is 0 Å². The van der Waals surface area contributed by atoms with Crippen molar-refractivity contribution >= 4 is 29.1 Å². The van der Waals surface area contributed by atoms with E-state index in [4.69, 9.17) is 16.3 Å². The number of fused-ring (bicyclic) bond motifs is 1. The molecule has 1 N–H and O–H groups in total. The molecule has 7 heteroatoms. The third kappa shape index (κ3) is 4.70. The smallest absolute Gasteiger partial charge is 0.295 e. The summed E-state index contributed by atoms with van der Waals surface area (Å²) in [7, 11) is 0. The molecule has 0 saturated carbocycles. The lowest BCUT2D eigenvalue weighted by molar-refractivity contribution is -0.896. The van der Waals surface area contributed by atoms with Crippen LogP contribution in [0, 0.1) is 0 Å². The molecule has 0 spiro atoms. The van der Waals surface area contributed by atoms with Crippen molar-refractivity contribution in [3.8, 4) is 5.75 Å². The number of quaternary nitrogens is 1. The summed E-state index contributed by atoms with van der Waals surface area (Å²) in [6.45, 7) is 9.52. The summed E-state index contributed by atoms with van der Waals surface area (Å²) in [4.78, 5) is 29.3. The number of nitrogens with zero attached hydrogens (tertiary/aromatic N) is 1. The number of ketones is 1. The quantitative estimate of drug-likeness (QED) is 0.355. The second-order valence-electron chi connectivity index (χ2n) is 9.04. The number of rotatable bonds is 8. The standard InChI is InChI=1S/C27H31ClN2O4/c1-4-29(5-2)12-7-13-30-24(18-8-6-9-21(28)16-18)23(26(32)27(30)33)25(31)19-10-11-22-20(15-19)14-17(3)34-22/h6,8-11,15-17,24,31H,4-5,7,12-14H2,1-3H3. The number of hydrogen-bond acceptors (Lipinski definition) is 4. The van der Waals surface area contributed by atoms with E-state index in [9.17, 15) is 14.7 Å². The minimum absolute atomic E-state index is 0.00522. The molecule has 180 valence electrons. The van der Waals surface area contributed by atoms with Crippen LogP contribution in [0.1, 0.15) is 49.9 Å². The van der Waals surface area contributed by atoms with Crippen LogP contribution in [0.4, 0.5) is 0 Å². The average molecular weight is 483 g/mol. The van der Waals surface area contributed by atoms with Gasteiger partial charge in [0.1, 0.15) is 11.9 Å². The topological polar surface area (TPSA) is 74.1 Å². The van der Waals surface area contributed by atoms with Crippen molar-refractivity contribution in [3.05, 3.63) is 69.8 Å². The van der Waals surface area contributed by atoms with Gasteiger partial charge in [0.25, 0.3) is 5.91 Å². The van der Waals surface area contributed by atoms with Crippen molar-refractivity contribution in [2.24, 2.45) is 0 Å². The Hall–Kier alpha value is -2.83. The molecular weight excluding hydrogens is 452 g/mol. The Labute approximate surface area is 205 Å². The van der Waals surface area contributed by atoms with Crippen molar-refractivity contribution < 1.29 is 24.3 Å². The van der Waals surface area contributed by atoms with Crippen LogP contribution in [-0.4, -0.2) is 48.9 Å². The molecule has 2 atom stereocenters. The maximum atomic E-state index is 13.7. The van der Waals surface area contributed by atoms with E-state index in [1.165, 1.54) is 4.90 Å². The summed E-state index contributed by atoms with van der Waals surface area (Å²) in [5.74, 6) is -1.01. The fourth-order valence-corrected chi connectivity index (χ4v) is 5.14. The van der Waals surface area contributed by atoms with Gasteiger partial charge in [-0.15, -0.1) is 0 Å². The van der Waals surface area contributed by atoms with E-state index in [0.29, 0.717) is 29.1 Å². The monoisotopic (exact) mass is 482 g/mol. The Morgan fingerprint density at radius 1 is 1.18 bits per heavy atom. The highest BCUT2D eigenvalue weighted by Gasteiger charge is 2.44. The summed E-state index contributed by atoms with van der Waals surface area (Å²) in [5.41, 5.74) is 2.00. The van der Waals surface area contributed by atoms with E-state index >= 15 is 0 Å². The number of benzene rings is 2. The zero-order chi connectivity index (χ0) is 24.4. The molecule has 6 nitrogen and oxygen atoms in total. The molecule has 0 aliphatic carbocycles. The van der Waals surface area contributed by atoms with Gasteiger partial charge in [-0.1, -0.05) is 35.6 Å². The van der Waals surface area contributed by atoms with Gasteiger partial charge in [0.2, 0.25) is 5.78 Å². The molecule has 0 radical (unpaired) electrons. The van der Waals surface area contributed by atoms with E-state index in [1.807, 2.05) is 13.0 Å². The van der Waals surface area contributed by atoms with Gasteiger partial charge in [-0.3, -0.25) is 9.59 Å². The van der Waals surface area contributed by atoms with Crippen molar-refractivity contribution in [2.75, 3.05) is 26.2 Å². The number of ether oxygens (including phenoxy) is 1. The molecule has 1 fully saturated rings. The van der Waals surface area contributed by atoms with Crippen LogP contribution in [-0.2, 0) is 16.0 Å². The number of carbonyl (C=O) groups is 2. The van der Waals surface area contributed by atoms with Crippen molar-refractivity contribution in [3.63, 3.8) is 0 Å². The van der Waals surface area contributed by atoms with Crippen LogP contribution in [0.3, 0.4) is 0 Å². The molecular formula is C27H31ClN2O4. The first-order valence-electron chi connectivity index (χ1n) is 12.0. The lowest BCUT2D eigenvalue weighted by Gasteiger charge is -2.28. The van der Waals surface area contributed by atoms with Gasteiger partial charge in [-0.25, -0.2) is 0 Å². The second-order valence-corrected chi connectivity index (χ2v) is 9.48. The molecule has 0 aromatic heterocycles. The summed E-state index contributed by atoms with van der Waals surface area (Å²) < 4.78 is 5.74. The molecule has 2 unspecified atom stereocenters. The molecule has 0 bridgehead atoms. The van der Waals surface area contributed by atoms with Crippen LogP contribution in [0.15, 0.2) is 48.0 Å². The van der Waals surface area contributed by atoms with E-state index in [1.54, 1.807) is 41.3 Å². The number of hydrogen-bond donors (Lipinski definition) is 1. The lowest BCUT2D eigenvalue weighted by atomic mass is 9.94. The molecule has 2 aliphatic rings. The number of amides is 1. The molecule has 2 aliphatic heterocycles. The second kappa shape index (κ2) is 10.2. The van der Waals surface area contributed by atoms with Gasteiger partial charge >= 0.3 is 0 Å². The third-order valence-electron chi connectivity index (χ3n) is 6.78. The number of nitrogens with one attached hydrogen (secondary N) is 1. The minimum Gasteiger partial charge on any atom is -0.872 e. The van der Waals surface area contributed by atoms with Crippen LogP contribution >= 0.6 is 11.6 Å². The predicted octanol–water partition coefficient (Wildman–Crippen LogP) is 2.20. The van der Waals surface area contributed by atoms with Gasteiger partial charge in [0, 0.05) is 30.0 Å². The highest BCUT2D eigenvalue weighted by Crippen LogP contribution is 2.40. The van der Waals surface area contributed by atoms with Gasteiger partial charge in [-0.05, 0) is 61.7 Å². The highest BCUT2D eigenvalue weighted by atomic mass is 35.5. The zero-order valence-electron chi connectivity index (χ0n) is 19.9. The maximum absolute atomic E-state index is 13.7. The largest absolute Gasteiger partial charge is 0.872 e. The van der Waals surface area contributed by atoms with Crippen LogP contribution < -0.4 is 14.7 Å². The van der Waals surface area contributed by atoms with Crippen LogP contribution in [0.2, 0.25) is 5.02 Å². The first kappa shape index (κ1) is 24.3. The molecule has 4 rings (SSSR count). The van der Waals surface area contributed by atoms with Crippen molar-refractivity contribution in [1.29, 1.82) is 0 Å². The normalized spacial score (nSPS) is 21.3. The van der Waals surface area contributed by atoms with Crippen molar-refractivity contribution in [2.45, 2.75) is 45.8 Å². The van der Waals surface area contributed by atoms with Gasteiger partial charge < -0.3 is 19.6 Å². The number of carbonyl (C=O) groups excluding carboxylic acids is 2. The Bertz CT molecular complexity index is 1130. The van der Waals surface area contributed by atoms with Gasteiger partial charge in [0.05, 0.1) is 25.7 Å². The number of Topliss-reactive ketones (excluding diaryl/α,β-unsaturated/α-hetero) is 1. The zero-order valence-corrected chi connectivity index (χ0v) is 20.7. The van der Waals surface area contributed by atoms with E-state index in [-0.39, 0.29) is 11.7 Å². The Kier molecular flexibility index (Phi) is 7.29. The SMILES string of the molecule is CC[NH+](CC)CCCN1C(=O)C(=O)C(=C([O-])c2ccc3c(c2)CC(C)O3)C1c1cccc(Cl)c1. The van der Waals surface area contributed by atoms with E-state index in [2.05, 4.69) is 13.8 Å². The van der Waals surface area contributed by atoms with E-state index in [0.717, 1.165) is 37.4 Å². The number of halogens is 1. The van der Waals surface area contributed by atoms with E-state index < -0.39 is 23.5 Å². The fourth-order valence-electron chi connectivity index (χ4n) is 4.95. The Balaban J connectivity index is 1.73. The third-order valence-corrected chi connectivity index (χ3v) is 7.02. The summed E-state index contributed by atoms with van der Waals surface area (Å²) in [6.07, 6.45) is 1.49. The van der Waals surface area contributed by atoms with Gasteiger partial charge in [-0.2, -0.15) is 0 Å². The molecule has 1 amide bonds. The molecule has 34 heavy (non-hydrogen) atoms. The molecule has 2 heterocycles. The fraction of sp³-hybridized carbons (Fsp3) is 0.407. The summed E-state index contributed by atoms with van der Waals surface area (Å²) in [6, 6.07) is 11.5. The Morgan fingerprint density at radius 2 is 1.94 bits per heavy atom. The molecule has 1 saturated heterocycles. The predicted molar refractivity (Wildman–Crippen MR) is 130 cm³/mol. The molecule has 2 aromatic carbocycles. The number of likely N-dealkylation sites (tertiary alicyclic amines) is 1. The van der Waals surface area contributed by atoms with Crippen LogP contribution in [0.5, 0.6) is 5.75 Å². The maximum Gasteiger partial charge on any atom is 0.295 e. The minimum atomic E-state index is -0.749. The molecule has 2 aromatic rings. The highest BCUT2D eigenvalue weighted by molar-refractivity contribution is 6.46. The lowest BCUT2D eigenvalue weighted by Crippen LogP contribution is -3.11. The first-order valence-corrected chi connectivity index (χ1v) is 12.4. The van der Waals surface area contributed by atoms with Crippen molar-refractivity contribution in [1.82, 2.24) is 4.90 Å². The summed E-state index contributed by atoms with van der Waals surface area (Å²) >= 11 is 6.25. The summed E-state index contributed by atoms with van der Waals surface area (Å²) in [5, 5.41) is 14.2.